The molecule has 3 amide bonds. The molecule has 0 bridgehead atoms. The van der Waals surface area contributed by atoms with Gasteiger partial charge in [0.2, 0.25) is 11.8 Å². The topological polar surface area (TPSA) is 97.0 Å². The van der Waals surface area contributed by atoms with E-state index in [-0.39, 0.29) is 29.6 Å². The van der Waals surface area contributed by atoms with Crippen LogP contribution in [0.25, 0.3) is 0 Å². The lowest BCUT2D eigenvalue weighted by molar-refractivity contribution is -0.141. The van der Waals surface area contributed by atoms with Gasteiger partial charge in [0.25, 0.3) is 5.91 Å². The minimum absolute atomic E-state index is 0.0671. The lowest BCUT2D eigenvalue weighted by atomic mass is 9.85. The van der Waals surface area contributed by atoms with E-state index in [1.54, 1.807) is 6.92 Å². The summed E-state index contributed by atoms with van der Waals surface area (Å²) in [4.78, 5) is 39.7. The molecule has 3 atom stereocenters. The van der Waals surface area contributed by atoms with Crippen LogP contribution in [0.4, 0.5) is 0 Å². The molecule has 4 rings (SSSR count). The smallest absolute Gasteiger partial charge is 0.252 e. The highest BCUT2D eigenvalue weighted by Crippen LogP contribution is 2.34. The first-order chi connectivity index (χ1) is 19.4. The molecule has 8 nitrogen and oxygen atoms in total. The van der Waals surface area contributed by atoms with Crippen molar-refractivity contribution in [3.63, 3.8) is 0 Å². The van der Waals surface area contributed by atoms with Crippen LogP contribution in [0.15, 0.2) is 54.6 Å². The summed E-state index contributed by atoms with van der Waals surface area (Å²) in [6.45, 7) is 1.61. The molecule has 2 aromatic rings. The van der Waals surface area contributed by atoms with Crippen LogP contribution in [0.1, 0.15) is 44.6 Å². The van der Waals surface area contributed by atoms with Gasteiger partial charge >= 0.3 is 0 Å². The number of para-hydroxylation sites is 1. The summed E-state index contributed by atoms with van der Waals surface area (Å²) in [5.74, 6) is 2.27. The van der Waals surface area contributed by atoms with Crippen molar-refractivity contribution in [2.75, 3.05) is 25.3 Å². The van der Waals surface area contributed by atoms with Crippen LogP contribution in [0, 0.1) is 5.92 Å². The van der Waals surface area contributed by atoms with E-state index in [1.165, 1.54) is 60.5 Å². The lowest BCUT2D eigenvalue weighted by Gasteiger charge is -2.30. The molecule has 2 N–H and O–H groups in total. The van der Waals surface area contributed by atoms with Crippen LogP contribution >= 0.6 is 23.7 Å². The molecular formula is C30H39N3O5S2. The van der Waals surface area contributed by atoms with Crippen molar-refractivity contribution in [1.82, 2.24) is 14.9 Å². The molecule has 2 aliphatic rings. The molecule has 1 saturated heterocycles. The Morgan fingerprint density at radius 2 is 1.73 bits per heavy atom. The summed E-state index contributed by atoms with van der Waals surface area (Å²) in [7, 11) is 1.45. The lowest BCUT2D eigenvalue weighted by Crippen LogP contribution is -2.53. The monoisotopic (exact) mass is 585 g/mol. The van der Waals surface area contributed by atoms with Crippen molar-refractivity contribution < 1.29 is 23.9 Å². The second-order valence-corrected chi connectivity index (χ2v) is 12.4. The number of benzene rings is 2. The van der Waals surface area contributed by atoms with Gasteiger partial charge in [0.15, 0.2) is 0 Å². The number of methoxy groups -OCH3 is 1. The van der Waals surface area contributed by atoms with Crippen LogP contribution in [0.5, 0.6) is 11.5 Å². The van der Waals surface area contributed by atoms with E-state index < -0.39 is 12.1 Å². The number of rotatable bonds is 12. The number of hydrogen-bond donors (Lipinski definition) is 2. The highest BCUT2D eigenvalue weighted by Gasteiger charge is 2.35. The summed E-state index contributed by atoms with van der Waals surface area (Å²) in [6, 6.07) is 16.6. The molecule has 1 aliphatic heterocycles. The number of carbonyl (C=O) groups excluding carboxylic acids is 3. The number of hydrogen-bond acceptors (Lipinski definition) is 7. The third-order valence-corrected chi connectivity index (χ3v) is 9.54. The van der Waals surface area contributed by atoms with E-state index >= 15 is 0 Å². The highest BCUT2D eigenvalue weighted by molar-refractivity contribution is 7.99. The Morgan fingerprint density at radius 3 is 2.42 bits per heavy atom. The van der Waals surface area contributed by atoms with Gasteiger partial charge in [-0.15, -0.1) is 11.8 Å². The molecule has 40 heavy (non-hydrogen) atoms. The quantitative estimate of drug-likeness (QED) is 0.346. The Kier molecular flexibility index (Phi) is 11.6. The van der Waals surface area contributed by atoms with E-state index in [0.29, 0.717) is 17.5 Å². The first-order valence-electron chi connectivity index (χ1n) is 13.9. The molecule has 0 radical (unpaired) electrons. The fraction of sp³-hybridized carbons (Fsp3) is 0.500. The molecule has 2 fully saturated rings. The summed E-state index contributed by atoms with van der Waals surface area (Å²) in [6.07, 6.45) is 6.82. The standard InChI is InChI=1S/C30H39N3O5S2/c1-21(31-30(36)26-19-39-20-33(26)28(34)18-37-2)29(35)32-40-27(23-9-5-3-6-10-23)17-22-13-15-25(16-14-22)38-24-11-7-4-8-12-24/h4,7-8,11-16,21,23,26-27H,3,5-6,9-10,17-20H2,1-2H3,(H,31,36)(H,32,35)/t21-,26+,27?/m1/s1. The molecule has 2 aromatic carbocycles. The zero-order chi connectivity index (χ0) is 28.3. The van der Waals surface area contributed by atoms with Crippen molar-refractivity contribution >= 4 is 41.4 Å². The first kappa shape index (κ1) is 30.3. The van der Waals surface area contributed by atoms with Crippen molar-refractivity contribution in [3.05, 3.63) is 60.2 Å². The zero-order valence-electron chi connectivity index (χ0n) is 23.2. The molecule has 1 aliphatic carbocycles. The van der Waals surface area contributed by atoms with E-state index in [9.17, 15) is 14.4 Å². The van der Waals surface area contributed by atoms with Crippen molar-refractivity contribution in [2.45, 2.75) is 62.8 Å². The third kappa shape index (κ3) is 8.65. The molecule has 1 unspecified atom stereocenters. The van der Waals surface area contributed by atoms with Gasteiger partial charge in [0, 0.05) is 18.1 Å². The van der Waals surface area contributed by atoms with E-state index in [1.807, 2.05) is 42.5 Å². The molecule has 0 aromatic heterocycles. The average Bonchev–Trinajstić information content (AvgIpc) is 3.48. The second-order valence-electron chi connectivity index (χ2n) is 10.3. The summed E-state index contributed by atoms with van der Waals surface area (Å²) < 4.78 is 13.9. The molecule has 10 heteroatoms. The van der Waals surface area contributed by atoms with Gasteiger partial charge in [-0.2, -0.15) is 0 Å². The summed E-state index contributed by atoms with van der Waals surface area (Å²) in [5, 5.41) is 3.02. The fourth-order valence-electron chi connectivity index (χ4n) is 5.07. The van der Waals surface area contributed by atoms with Crippen LogP contribution in [-0.2, 0) is 25.5 Å². The van der Waals surface area contributed by atoms with Crippen LogP contribution < -0.4 is 14.8 Å². The van der Waals surface area contributed by atoms with Crippen molar-refractivity contribution in [2.24, 2.45) is 5.92 Å². The van der Waals surface area contributed by atoms with E-state index in [2.05, 4.69) is 22.2 Å². The zero-order valence-corrected chi connectivity index (χ0v) is 24.8. The predicted octanol–water partition coefficient (Wildman–Crippen LogP) is 4.79. The molecular weight excluding hydrogens is 546 g/mol. The maximum Gasteiger partial charge on any atom is 0.252 e. The Balaban J connectivity index is 1.32. The van der Waals surface area contributed by atoms with E-state index in [0.717, 1.165) is 30.8 Å². The Morgan fingerprint density at radius 1 is 1.02 bits per heavy atom. The van der Waals surface area contributed by atoms with Crippen LogP contribution in [0.3, 0.4) is 0 Å². The van der Waals surface area contributed by atoms with Gasteiger partial charge in [0.05, 0.1) is 5.88 Å². The maximum absolute atomic E-state index is 13.0. The molecule has 0 spiro atoms. The number of nitrogens with one attached hydrogen (secondary N) is 2. The number of thioether (sulfide) groups is 1. The Hall–Kier alpha value is -2.69. The Bertz CT molecular complexity index is 1110. The maximum atomic E-state index is 13.0. The van der Waals surface area contributed by atoms with Crippen molar-refractivity contribution in [3.8, 4) is 11.5 Å². The SMILES string of the molecule is COCC(=O)N1CSC[C@H]1C(=O)N[C@H](C)C(=O)NSC(Cc1ccc(Oc2ccccc2)cc1)C1CCCCC1. The first-order valence-corrected chi connectivity index (χ1v) is 15.9. The highest BCUT2D eigenvalue weighted by atomic mass is 32.2. The number of amides is 3. The van der Waals surface area contributed by atoms with Crippen LogP contribution in [-0.4, -0.2) is 65.3 Å². The van der Waals surface area contributed by atoms with Gasteiger partial charge in [-0.1, -0.05) is 49.6 Å². The minimum atomic E-state index is -0.716. The predicted molar refractivity (Wildman–Crippen MR) is 160 cm³/mol. The summed E-state index contributed by atoms with van der Waals surface area (Å²) >= 11 is 2.99. The fourth-order valence-corrected chi connectivity index (χ4v) is 7.44. The normalized spacial score (nSPS) is 19.1. The minimum Gasteiger partial charge on any atom is -0.457 e. The largest absolute Gasteiger partial charge is 0.457 e. The molecule has 216 valence electrons. The third-order valence-electron chi connectivity index (χ3n) is 7.35. The van der Waals surface area contributed by atoms with Gasteiger partial charge in [-0.25, -0.2) is 0 Å². The number of ether oxygens (including phenoxy) is 2. The van der Waals surface area contributed by atoms with Gasteiger partial charge in [-0.3, -0.25) is 19.1 Å². The average molecular weight is 586 g/mol. The molecule has 1 saturated carbocycles. The Labute approximate surface area is 245 Å². The van der Waals surface area contributed by atoms with E-state index in [4.69, 9.17) is 9.47 Å². The van der Waals surface area contributed by atoms with Gasteiger partial charge in [0.1, 0.15) is 30.2 Å². The van der Waals surface area contributed by atoms with Crippen LogP contribution in [0.2, 0.25) is 0 Å². The number of carbonyl (C=O) groups is 3. The van der Waals surface area contributed by atoms with Gasteiger partial charge in [-0.05, 0) is 73.9 Å². The van der Waals surface area contributed by atoms with Crippen molar-refractivity contribution in [1.29, 1.82) is 0 Å². The van der Waals surface area contributed by atoms with Gasteiger partial charge < -0.3 is 19.7 Å². The molecule has 1 heterocycles. The summed E-state index contributed by atoms with van der Waals surface area (Å²) in [5.41, 5.74) is 1.19. The second kappa shape index (κ2) is 15.3. The number of nitrogens with zero attached hydrogens (tertiary/aromatic N) is 1.